The van der Waals surface area contributed by atoms with Crippen molar-refractivity contribution in [3.8, 4) is 0 Å². The van der Waals surface area contributed by atoms with Crippen molar-refractivity contribution < 1.29 is 4.43 Å². The second-order valence-electron chi connectivity index (χ2n) is 8.63. The summed E-state index contributed by atoms with van der Waals surface area (Å²) in [4.78, 5) is 0. The Kier molecular flexibility index (Phi) is 3.93. The lowest BCUT2D eigenvalue weighted by molar-refractivity contribution is 0.180. The number of fused-ring (bicyclic) bond motifs is 1. The standard InChI is InChI=1S/C22H28OSi/c1-22(2,3)24(20-10-6-4-7-11-20,21-12-8-5-9-13-21)23-19-15-17-14-18(17)16-19/h4-13,17-19H,14-16H2,1-3H3/t17-,18+,19?. The Balaban J connectivity index is 1.82. The molecule has 4 rings (SSSR count). The van der Waals surface area contributed by atoms with Crippen molar-refractivity contribution in [1.29, 1.82) is 0 Å². The molecule has 2 aliphatic carbocycles. The SMILES string of the molecule is CC(C)(C)[Si](OC1C[C@@H]2C[C@@H]2C1)(c1ccccc1)c1ccccc1. The van der Waals surface area contributed by atoms with Crippen LogP contribution >= 0.6 is 0 Å². The zero-order valence-electron chi connectivity index (χ0n) is 15.0. The molecular weight excluding hydrogens is 308 g/mol. The van der Waals surface area contributed by atoms with Crippen LogP contribution in [0.2, 0.25) is 5.04 Å². The molecule has 2 aromatic carbocycles. The fourth-order valence-corrected chi connectivity index (χ4v) is 9.40. The van der Waals surface area contributed by atoms with Crippen LogP contribution in [0.1, 0.15) is 40.0 Å². The van der Waals surface area contributed by atoms with E-state index in [0.29, 0.717) is 6.10 Å². The first kappa shape index (κ1) is 16.1. The summed E-state index contributed by atoms with van der Waals surface area (Å²) in [6, 6.07) is 22.1. The molecule has 0 spiro atoms. The molecule has 2 fully saturated rings. The third-order valence-corrected chi connectivity index (χ3v) is 11.1. The molecule has 2 heteroatoms. The Morgan fingerprint density at radius 3 is 1.62 bits per heavy atom. The summed E-state index contributed by atoms with van der Waals surface area (Å²) in [5.74, 6) is 1.90. The van der Waals surface area contributed by atoms with Crippen LogP contribution in [0.4, 0.5) is 0 Å². The molecule has 1 unspecified atom stereocenters. The van der Waals surface area contributed by atoms with Crippen molar-refractivity contribution in [3.05, 3.63) is 60.7 Å². The molecule has 1 nitrogen and oxygen atoms in total. The van der Waals surface area contributed by atoms with Gasteiger partial charge < -0.3 is 4.43 Å². The Labute approximate surface area is 147 Å². The number of hydrogen-bond donors (Lipinski definition) is 0. The van der Waals surface area contributed by atoms with E-state index in [4.69, 9.17) is 4.43 Å². The van der Waals surface area contributed by atoms with Crippen LogP contribution in [-0.2, 0) is 4.43 Å². The maximum atomic E-state index is 7.18. The van der Waals surface area contributed by atoms with Crippen molar-refractivity contribution >= 4 is 18.7 Å². The van der Waals surface area contributed by atoms with Gasteiger partial charge in [0.25, 0.3) is 8.32 Å². The minimum atomic E-state index is -2.32. The Morgan fingerprint density at radius 1 is 0.750 bits per heavy atom. The van der Waals surface area contributed by atoms with Gasteiger partial charge in [0.15, 0.2) is 0 Å². The number of benzene rings is 2. The van der Waals surface area contributed by atoms with Crippen LogP contribution in [0.3, 0.4) is 0 Å². The molecule has 2 aromatic rings. The Hall–Kier alpha value is -1.38. The Morgan fingerprint density at radius 2 is 1.21 bits per heavy atom. The van der Waals surface area contributed by atoms with Gasteiger partial charge in [-0.15, -0.1) is 0 Å². The summed E-state index contributed by atoms with van der Waals surface area (Å²) in [5.41, 5.74) is 0. The lowest BCUT2D eigenvalue weighted by atomic mass is 10.2. The zero-order valence-corrected chi connectivity index (χ0v) is 16.0. The van der Waals surface area contributed by atoms with E-state index in [-0.39, 0.29) is 5.04 Å². The predicted octanol–water partition coefficient (Wildman–Crippen LogP) is 4.36. The molecule has 0 saturated heterocycles. The summed E-state index contributed by atoms with van der Waals surface area (Å²) < 4.78 is 7.18. The van der Waals surface area contributed by atoms with Crippen molar-refractivity contribution in [2.24, 2.45) is 11.8 Å². The van der Waals surface area contributed by atoms with E-state index in [0.717, 1.165) is 11.8 Å². The van der Waals surface area contributed by atoms with Crippen molar-refractivity contribution in [1.82, 2.24) is 0 Å². The first-order chi connectivity index (χ1) is 11.5. The monoisotopic (exact) mass is 336 g/mol. The molecule has 2 saturated carbocycles. The van der Waals surface area contributed by atoms with Crippen LogP contribution in [0.25, 0.3) is 0 Å². The molecule has 0 heterocycles. The molecule has 24 heavy (non-hydrogen) atoms. The lowest BCUT2D eigenvalue weighted by Gasteiger charge is -2.45. The first-order valence-electron chi connectivity index (χ1n) is 9.29. The van der Waals surface area contributed by atoms with E-state index in [9.17, 15) is 0 Å². The van der Waals surface area contributed by atoms with Crippen LogP contribution in [0.5, 0.6) is 0 Å². The average molecular weight is 337 g/mol. The summed E-state index contributed by atoms with van der Waals surface area (Å²) in [5, 5.41) is 2.91. The van der Waals surface area contributed by atoms with Gasteiger partial charge in [-0.25, -0.2) is 0 Å². The van der Waals surface area contributed by atoms with Crippen molar-refractivity contribution in [3.63, 3.8) is 0 Å². The maximum absolute atomic E-state index is 7.18. The smallest absolute Gasteiger partial charge is 0.261 e. The van der Waals surface area contributed by atoms with Crippen LogP contribution < -0.4 is 10.4 Å². The van der Waals surface area contributed by atoms with Crippen LogP contribution in [0, 0.1) is 11.8 Å². The molecule has 0 N–H and O–H groups in total. The van der Waals surface area contributed by atoms with E-state index in [1.807, 2.05) is 0 Å². The van der Waals surface area contributed by atoms with E-state index < -0.39 is 8.32 Å². The third-order valence-electron chi connectivity index (χ3n) is 5.96. The molecule has 0 radical (unpaired) electrons. The van der Waals surface area contributed by atoms with E-state index in [1.54, 1.807) is 0 Å². The highest BCUT2D eigenvalue weighted by Gasteiger charge is 2.54. The lowest BCUT2D eigenvalue weighted by Crippen LogP contribution is -2.67. The van der Waals surface area contributed by atoms with Gasteiger partial charge in [0.2, 0.25) is 0 Å². The fraction of sp³-hybridized carbons (Fsp3) is 0.455. The molecule has 2 aliphatic rings. The molecule has 0 bridgehead atoms. The number of hydrogen-bond acceptors (Lipinski definition) is 1. The summed E-state index contributed by atoms with van der Waals surface area (Å²) >= 11 is 0. The van der Waals surface area contributed by atoms with Crippen LogP contribution in [-0.4, -0.2) is 14.4 Å². The topological polar surface area (TPSA) is 9.23 Å². The van der Waals surface area contributed by atoms with Gasteiger partial charge in [-0.2, -0.15) is 0 Å². The molecular formula is C22H28OSi. The third kappa shape index (κ3) is 2.66. The molecule has 3 atom stereocenters. The average Bonchev–Trinajstić information content (AvgIpc) is 3.19. The summed E-state index contributed by atoms with van der Waals surface area (Å²) in [6.07, 6.45) is 4.44. The maximum Gasteiger partial charge on any atom is 0.261 e. The van der Waals surface area contributed by atoms with Gasteiger partial charge in [-0.3, -0.25) is 0 Å². The highest BCUT2D eigenvalue weighted by Crippen LogP contribution is 2.54. The normalized spacial score (nSPS) is 26.2. The zero-order chi connectivity index (χ0) is 16.8. The highest BCUT2D eigenvalue weighted by molar-refractivity contribution is 6.99. The fourth-order valence-electron chi connectivity index (χ4n) is 4.70. The van der Waals surface area contributed by atoms with Gasteiger partial charge in [0, 0.05) is 6.10 Å². The van der Waals surface area contributed by atoms with Gasteiger partial charge in [-0.1, -0.05) is 81.4 Å². The quantitative estimate of drug-likeness (QED) is 0.754. The van der Waals surface area contributed by atoms with Gasteiger partial charge in [0.05, 0.1) is 0 Å². The summed E-state index contributed by atoms with van der Waals surface area (Å²) in [7, 11) is -2.32. The minimum absolute atomic E-state index is 0.0997. The predicted molar refractivity (Wildman–Crippen MR) is 103 cm³/mol. The second kappa shape index (κ2) is 5.85. The van der Waals surface area contributed by atoms with E-state index in [1.165, 1.54) is 29.6 Å². The second-order valence-corrected chi connectivity index (χ2v) is 12.9. The Bertz CT molecular complexity index is 639. The molecule has 126 valence electrons. The highest BCUT2D eigenvalue weighted by atomic mass is 28.4. The minimum Gasteiger partial charge on any atom is -0.404 e. The summed E-state index contributed by atoms with van der Waals surface area (Å²) in [6.45, 7) is 7.11. The molecule has 0 aliphatic heterocycles. The van der Waals surface area contributed by atoms with E-state index >= 15 is 0 Å². The van der Waals surface area contributed by atoms with Crippen LogP contribution in [0.15, 0.2) is 60.7 Å². The largest absolute Gasteiger partial charge is 0.404 e. The van der Waals surface area contributed by atoms with Gasteiger partial charge in [-0.05, 0) is 46.5 Å². The number of rotatable bonds is 4. The van der Waals surface area contributed by atoms with Gasteiger partial charge in [0.1, 0.15) is 0 Å². The molecule has 0 aromatic heterocycles. The van der Waals surface area contributed by atoms with Crippen molar-refractivity contribution in [2.75, 3.05) is 0 Å². The first-order valence-corrected chi connectivity index (χ1v) is 11.2. The van der Waals surface area contributed by atoms with Gasteiger partial charge >= 0.3 is 0 Å². The van der Waals surface area contributed by atoms with Crippen molar-refractivity contribution in [2.45, 2.75) is 51.2 Å². The molecule has 0 amide bonds. The van der Waals surface area contributed by atoms with E-state index in [2.05, 4.69) is 81.4 Å².